The molecule has 0 aliphatic carbocycles. The first kappa shape index (κ1) is 15.9. The van der Waals surface area contributed by atoms with Gasteiger partial charge in [0, 0.05) is 22.9 Å². The fourth-order valence-corrected chi connectivity index (χ4v) is 2.96. The topological polar surface area (TPSA) is 64.9 Å². The van der Waals surface area contributed by atoms with Gasteiger partial charge in [-0.25, -0.2) is 18.6 Å². The molecule has 5 nitrogen and oxygen atoms in total. The van der Waals surface area contributed by atoms with E-state index in [1.54, 1.807) is 13.8 Å². The Morgan fingerprint density at radius 2 is 1.96 bits per heavy atom. The normalized spacial score (nSPS) is 19.5. The zero-order chi connectivity index (χ0) is 17.6. The molecule has 2 aliphatic heterocycles. The summed E-state index contributed by atoms with van der Waals surface area (Å²) in [7, 11) is 0. The number of benzene rings is 1. The van der Waals surface area contributed by atoms with Crippen LogP contribution in [-0.4, -0.2) is 28.5 Å². The molecule has 7 heteroatoms. The minimum Gasteiger partial charge on any atom is -0.478 e. The summed E-state index contributed by atoms with van der Waals surface area (Å²) in [6.07, 6.45) is 0.638. The lowest BCUT2D eigenvalue weighted by atomic mass is 9.98. The van der Waals surface area contributed by atoms with Crippen LogP contribution >= 0.6 is 0 Å². The van der Waals surface area contributed by atoms with E-state index in [2.05, 4.69) is 17.0 Å². The van der Waals surface area contributed by atoms with Crippen molar-refractivity contribution in [2.75, 3.05) is 0 Å². The molecule has 2 aliphatic rings. The second kappa shape index (κ2) is 5.59. The minimum absolute atomic E-state index is 0.0377. The lowest BCUT2D eigenvalue weighted by molar-refractivity contribution is -0.132. The van der Waals surface area contributed by atoms with E-state index in [0.29, 0.717) is 28.1 Å². The quantitative estimate of drug-likeness (QED) is 0.894. The summed E-state index contributed by atoms with van der Waals surface area (Å²) in [5.41, 5.74) is 2.52. The maximum Gasteiger partial charge on any atom is 0.337 e. The maximum atomic E-state index is 13.6. The van der Waals surface area contributed by atoms with Gasteiger partial charge in [0.15, 0.2) is 0 Å². The molecule has 1 aromatic rings. The summed E-state index contributed by atoms with van der Waals surface area (Å²) in [6.45, 7) is 7.27. The monoisotopic (exact) mass is 331 g/mol. The van der Waals surface area contributed by atoms with Crippen molar-refractivity contribution in [2.24, 2.45) is 5.10 Å². The Hall–Kier alpha value is -2.96. The Morgan fingerprint density at radius 3 is 2.50 bits per heavy atom. The molecule has 2 N–H and O–H groups in total. The number of hydrogen-bond donors (Lipinski definition) is 2. The number of carboxylic acid groups (broad SMARTS) is 1. The number of carbonyl (C=O) groups is 1. The van der Waals surface area contributed by atoms with Crippen LogP contribution in [0.4, 0.5) is 8.78 Å². The van der Waals surface area contributed by atoms with Gasteiger partial charge in [0.1, 0.15) is 17.8 Å². The van der Waals surface area contributed by atoms with Crippen molar-refractivity contribution in [3.05, 3.63) is 64.4 Å². The van der Waals surface area contributed by atoms with Crippen molar-refractivity contribution in [1.29, 1.82) is 0 Å². The zero-order valence-corrected chi connectivity index (χ0v) is 13.1. The van der Waals surface area contributed by atoms with Crippen molar-refractivity contribution >= 4 is 17.9 Å². The molecule has 2 heterocycles. The third-order valence-electron chi connectivity index (χ3n) is 3.88. The summed E-state index contributed by atoms with van der Waals surface area (Å²) < 4.78 is 27.1. The van der Waals surface area contributed by atoms with Crippen LogP contribution in [0.1, 0.15) is 19.4 Å². The summed E-state index contributed by atoms with van der Waals surface area (Å²) in [4.78, 5) is 11.4. The second-order valence-electron chi connectivity index (χ2n) is 5.68. The number of nitrogens with one attached hydrogen (secondary N) is 1. The number of fused-ring (bicyclic) bond motifs is 1. The van der Waals surface area contributed by atoms with E-state index in [1.165, 1.54) is 23.4 Å². The smallest absolute Gasteiger partial charge is 0.337 e. The van der Waals surface area contributed by atoms with Crippen LogP contribution in [0.15, 0.2) is 52.3 Å². The predicted molar refractivity (Wildman–Crippen MR) is 85.7 cm³/mol. The molecule has 0 amide bonds. The molecule has 1 atom stereocenters. The van der Waals surface area contributed by atoms with E-state index in [9.17, 15) is 18.7 Å². The van der Waals surface area contributed by atoms with Crippen LogP contribution in [0.5, 0.6) is 0 Å². The van der Waals surface area contributed by atoms with Crippen molar-refractivity contribution in [1.82, 2.24) is 10.3 Å². The van der Waals surface area contributed by atoms with Crippen LogP contribution in [0.3, 0.4) is 0 Å². The Balaban J connectivity index is 2.10. The Kier molecular flexibility index (Phi) is 3.71. The van der Waals surface area contributed by atoms with Gasteiger partial charge in [-0.3, -0.25) is 0 Å². The molecule has 124 valence electrons. The number of hydrogen-bond acceptors (Lipinski definition) is 4. The van der Waals surface area contributed by atoms with E-state index >= 15 is 0 Å². The Bertz CT molecular complexity index is 835. The highest BCUT2D eigenvalue weighted by atomic mass is 19.1. The van der Waals surface area contributed by atoms with Crippen molar-refractivity contribution in [3.8, 4) is 0 Å². The molecule has 0 fully saturated rings. The number of nitrogens with zero attached hydrogens (tertiary/aromatic N) is 2. The highest BCUT2D eigenvalue weighted by molar-refractivity contribution is 6.10. The molecule has 0 saturated carbocycles. The fourth-order valence-electron chi connectivity index (χ4n) is 2.96. The van der Waals surface area contributed by atoms with Crippen LogP contribution < -0.4 is 5.32 Å². The van der Waals surface area contributed by atoms with Gasteiger partial charge < -0.3 is 10.4 Å². The third kappa shape index (κ3) is 2.47. The SMILES string of the molecule is C=C(C)C1=C(C(=O)O)C=NN2C(c3cc(F)cc(F)c3)=C(C)NC12. The van der Waals surface area contributed by atoms with E-state index in [4.69, 9.17) is 0 Å². The van der Waals surface area contributed by atoms with E-state index < -0.39 is 23.8 Å². The lowest BCUT2D eigenvalue weighted by Gasteiger charge is -2.30. The predicted octanol–water partition coefficient (Wildman–Crippen LogP) is 2.84. The van der Waals surface area contributed by atoms with Gasteiger partial charge in [0.25, 0.3) is 0 Å². The van der Waals surface area contributed by atoms with E-state index in [-0.39, 0.29) is 5.57 Å². The first-order chi connectivity index (χ1) is 11.3. The Morgan fingerprint density at radius 1 is 1.33 bits per heavy atom. The highest BCUT2D eigenvalue weighted by Crippen LogP contribution is 2.37. The first-order valence-corrected chi connectivity index (χ1v) is 7.20. The van der Waals surface area contributed by atoms with Gasteiger partial charge in [-0.15, -0.1) is 0 Å². The van der Waals surface area contributed by atoms with Gasteiger partial charge in [-0.2, -0.15) is 5.10 Å². The largest absolute Gasteiger partial charge is 0.478 e. The van der Waals surface area contributed by atoms with Crippen LogP contribution in [0.2, 0.25) is 0 Å². The number of carboxylic acids is 1. The Labute approximate surface area is 137 Å². The van der Waals surface area contributed by atoms with Crippen LogP contribution in [0.25, 0.3) is 5.70 Å². The van der Waals surface area contributed by atoms with Gasteiger partial charge >= 0.3 is 5.97 Å². The molecule has 0 spiro atoms. The average molecular weight is 331 g/mol. The first-order valence-electron chi connectivity index (χ1n) is 7.20. The number of rotatable bonds is 3. The van der Waals surface area contributed by atoms with Crippen molar-refractivity contribution < 1.29 is 18.7 Å². The van der Waals surface area contributed by atoms with Crippen LogP contribution in [0, 0.1) is 11.6 Å². The standard InChI is InChI=1S/C17H15F2N3O2/c1-8(2)14-13(17(23)24)7-20-22-15(9(3)21-16(14)22)10-4-11(18)6-12(19)5-10/h4-7,16,21H,1H2,2-3H3,(H,23,24). The summed E-state index contributed by atoms with van der Waals surface area (Å²) in [5.74, 6) is -2.51. The molecule has 0 saturated heterocycles. The molecule has 1 unspecified atom stereocenters. The summed E-state index contributed by atoms with van der Waals surface area (Å²) in [5, 5.41) is 18.1. The van der Waals surface area contributed by atoms with Gasteiger partial charge in [-0.05, 0) is 26.0 Å². The van der Waals surface area contributed by atoms with Crippen LogP contribution in [-0.2, 0) is 4.79 Å². The average Bonchev–Trinajstić information content (AvgIpc) is 2.80. The molecule has 1 aromatic carbocycles. The summed E-state index contributed by atoms with van der Waals surface area (Å²) >= 11 is 0. The minimum atomic E-state index is -1.11. The van der Waals surface area contributed by atoms with E-state index in [1.807, 2.05) is 0 Å². The molecule has 0 radical (unpaired) electrons. The number of halogens is 2. The number of aliphatic carboxylic acids is 1. The molecular weight excluding hydrogens is 316 g/mol. The molecular formula is C17H15F2N3O2. The van der Waals surface area contributed by atoms with Crippen molar-refractivity contribution in [3.63, 3.8) is 0 Å². The summed E-state index contributed by atoms with van der Waals surface area (Å²) in [6, 6.07) is 3.21. The molecule has 3 rings (SSSR count). The van der Waals surface area contributed by atoms with Gasteiger partial charge in [0.05, 0.1) is 17.5 Å². The van der Waals surface area contributed by atoms with Gasteiger partial charge in [0.2, 0.25) is 0 Å². The molecule has 0 bridgehead atoms. The number of allylic oxidation sites excluding steroid dienone is 1. The van der Waals surface area contributed by atoms with E-state index in [0.717, 1.165) is 6.07 Å². The van der Waals surface area contributed by atoms with Crippen molar-refractivity contribution in [2.45, 2.75) is 20.0 Å². The number of hydrazone groups is 1. The zero-order valence-electron chi connectivity index (χ0n) is 13.1. The van der Waals surface area contributed by atoms with Gasteiger partial charge in [-0.1, -0.05) is 12.2 Å². The molecule has 0 aromatic heterocycles. The fraction of sp³-hybridized carbons (Fsp3) is 0.176. The lowest BCUT2D eigenvalue weighted by Crippen LogP contribution is -2.40. The second-order valence-corrected chi connectivity index (χ2v) is 5.68. The maximum absolute atomic E-state index is 13.6. The highest BCUT2D eigenvalue weighted by Gasteiger charge is 2.38. The molecule has 24 heavy (non-hydrogen) atoms. The third-order valence-corrected chi connectivity index (χ3v) is 3.88.